The minimum atomic E-state index is -0.805. The van der Waals surface area contributed by atoms with Gasteiger partial charge in [-0.3, -0.25) is 14.4 Å². The molecule has 0 aliphatic heterocycles. The van der Waals surface area contributed by atoms with Crippen molar-refractivity contribution in [3.63, 3.8) is 0 Å². The molecule has 0 N–H and O–H groups in total. The van der Waals surface area contributed by atoms with Crippen molar-refractivity contribution in [2.24, 2.45) is 0 Å². The first-order valence-electron chi connectivity index (χ1n) is 28.4. The maximum absolute atomic E-state index is 12.9. The van der Waals surface area contributed by atoms with Gasteiger partial charge in [0.1, 0.15) is 13.2 Å². The topological polar surface area (TPSA) is 78.9 Å². The molecule has 1 atom stereocenters. The average Bonchev–Trinajstić information content (AvgIpc) is 3.35. The molecule has 0 amide bonds. The molecule has 0 aromatic carbocycles. The van der Waals surface area contributed by atoms with Crippen LogP contribution in [-0.4, -0.2) is 37.2 Å². The van der Waals surface area contributed by atoms with E-state index in [0.29, 0.717) is 19.3 Å². The summed E-state index contributed by atoms with van der Waals surface area (Å²) in [5.41, 5.74) is 0. The molecule has 0 aromatic heterocycles. The van der Waals surface area contributed by atoms with Crippen LogP contribution < -0.4 is 0 Å². The summed E-state index contributed by atoms with van der Waals surface area (Å²) in [6.45, 7) is 6.35. The van der Waals surface area contributed by atoms with Gasteiger partial charge in [0, 0.05) is 19.3 Å². The SMILES string of the molecule is CC/C=C/C=C/C=C/CCCCCCCC(=O)OCC(COC(=O)CCCCC/C=C/C/C=C/C/C=C/C/C=C/C/C=C/CC)OC(=O)CCCCCCCCC/C=C/CCCCCCCCCC. The molecule has 0 fully saturated rings. The van der Waals surface area contributed by atoms with Gasteiger partial charge >= 0.3 is 17.9 Å². The van der Waals surface area contributed by atoms with E-state index in [1.807, 2.05) is 0 Å². The van der Waals surface area contributed by atoms with E-state index >= 15 is 0 Å². The minimum absolute atomic E-state index is 0.103. The molecule has 0 rings (SSSR count). The van der Waals surface area contributed by atoms with Gasteiger partial charge in [0.05, 0.1) is 0 Å². The van der Waals surface area contributed by atoms with Crippen LogP contribution in [0.15, 0.2) is 109 Å². The molecule has 6 heteroatoms. The average molecular weight is 958 g/mol. The third-order valence-electron chi connectivity index (χ3n) is 11.8. The number of unbranched alkanes of at least 4 members (excludes halogenated alkanes) is 23. The maximum atomic E-state index is 12.9. The first kappa shape index (κ1) is 65.1. The molecular formula is C63H104O6. The van der Waals surface area contributed by atoms with E-state index in [4.69, 9.17) is 14.2 Å². The molecule has 392 valence electrons. The van der Waals surface area contributed by atoms with Gasteiger partial charge in [-0.05, 0) is 109 Å². The van der Waals surface area contributed by atoms with Crippen molar-refractivity contribution in [1.82, 2.24) is 0 Å². The summed E-state index contributed by atoms with van der Waals surface area (Å²) in [6.07, 6.45) is 76.5. The number of hydrogen-bond acceptors (Lipinski definition) is 6. The Morgan fingerprint density at radius 2 is 0.638 bits per heavy atom. The molecule has 0 saturated heterocycles. The van der Waals surface area contributed by atoms with Crippen LogP contribution in [0.5, 0.6) is 0 Å². The molecule has 0 radical (unpaired) electrons. The smallest absolute Gasteiger partial charge is 0.306 e. The number of ether oxygens (including phenoxy) is 3. The van der Waals surface area contributed by atoms with Gasteiger partial charge in [0.25, 0.3) is 0 Å². The standard InChI is InChI=1S/C63H104O6/c1-4-7-10-13-16-19-22-25-27-29-31-33-35-38-41-44-47-50-53-56-62(65)68-59-60(58-67-61(64)55-52-49-46-43-40-37-24-21-18-15-12-9-6-3)69-63(66)57-54-51-48-45-42-39-36-34-32-30-28-26-23-20-17-14-11-8-5-2/h7,9-10,12,15-16,18-19,21,24-25,27,30-33,38,41,60H,4-6,8,11,13-14,17,20,22-23,26,28-29,34-37,39-40,42-59H2,1-3H3/b10-7+,12-9+,18-15+,19-16+,24-21+,27-25+,32-30+,33-31+,41-38+. The zero-order chi connectivity index (χ0) is 50.0. The van der Waals surface area contributed by atoms with Crippen LogP contribution in [0.4, 0.5) is 0 Å². The van der Waals surface area contributed by atoms with Crippen molar-refractivity contribution in [1.29, 1.82) is 0 Å². The Hall–Kier alpha value is -3.93. The molecular weight excluding hydrogens is 853 g/mol. The van der Waals surface area contributed by atoms with Gasteiger partial charge in [-0.1, -0.05) is 233 Å². The summed E-state index contributed by atoms with van der Waals surface area (Å²) in [5, 5.41) is 0. The summed E-state index contributed by atoms with van der Waals surface area (Å²) in [6, 6.07) is 0. The molecule has 69 heavy (non-hydrogen) atoms. The highest BCUT2D eigenvalue weighted by atomic mass is 16.6. The van der Waals surface area contributed by atoms with Crippen LogP contribution in [0.2, 0.25) is 0 Å². The van der Waals surface area contributed by atoms with Crippen LogP contribution in [0.1, 0.15) is 252 Å². The van der Waals surface area contributed by atoms with Gasteiger partial charge in [-0.2, -0.15) is 0 Å². The lowest BCUT2D eigenvalue weighted by Crippen LogP contribution is -2.30. The quantitative estimate of drug-likeness (QED) is 0.0199. The summed E-state index contributed by atoms with van der Waals surface area (Å²) >= 11 is 0. The minimum Gasteiger partial charge on any atom is -0.462 e. The molecule has 0 aliphatic rings. The third-order valence-corrected chi connectivity index (χ3v) is 11.8. The predicted octanol–water partition coefficient (Wildman–Crippen LogP) is 19.1. The molecule has 6 nitrogen and oxygen atoms in total. The molecule has 1 unspecified atom stereocenters. The number of esters is 3. The fourth-order valence-electron chi connectivity index (χ4n) is 7.58. The van der Waals surface area contributed by atoms with Gasteiger partial charge in [-0.25, -0.2) is 0 Å². The van der Waals surface area contributed by atoms with E-state index in [9.17, 15) is 14.4 Å². The Morgan fingerprint density at radius 3 is 1.07 bits per heavy atom. The summed E-state index contributed by atoms with van der Waals surface area (Å²) < 4.78 is 16.8. The van der Waals surface area contributed by atoms with Gasteiger partial charge in [0.15, 0.2) is 6.10 Å². The van der Waals surface area contributed by atoms with Crippen molar-refractivity contribution < 1.29 is 28.6 Å². The van der Waals surface area contributed by atoms with E-state index < -0.39 is 6.10 Å². The Labute approximate surface area is 425 Å². The fourth-order valence-corrected chi connectivity index (χ4v) is 7.58. The summed E-state index contributed by atoms with van der Waals surface area (Å²) in [4.78, 5) is 38.1. The van der Waals surface area contributed by atoms with Crippen LogP contribution >= 0.6 is 0 Å². The maximum Gasteiger partial charge on any atom is 0.306 e. The van der Waals surface area contributed by atoms with Crippen molar-refractivity contribution in [2.45, 2.75) is 258 Å². The Balaban J connectivity index is 4.46. The number of rotatable bonds is 50. The van der Waals surface area contributed by atoms with Gasteiger partial charge in [0.2, 0.25) is 0 Å². The highest BCUT2D eigenvalue weighted by molar-refractivity contribution is 5.71. The second-order valence-electron chi connectivity index (χ2n) is 18.5. The molecule has 0 aromatic rings. The van der Waals surface area contributed by atoms with Gasteiger partial charge < -0.3 is 14.2 Å². The number of carbonyl (C=O) groups excluding carboxylic acids is 3. The normalized spacial score (nSPS) is 12.9. The number of carbonyl (C=O) groups is 3. The lowest BCUT2D eigenvalue weighted by atomic mass is 10.1. The molecule has 0 aliphatic carbocycles. The van der Waals surface area contributed by atoms with Crippen LogP contribution in [0.25, 0.3) is 0 Å². The molecule has 0 saturated carbocycles. The lowest BCUT2D eigenvalue weighted by molar-refractivity contribution is -0.167. The zero-order valence-electron chi connectivity index (χ0n) is 44.8. The van der Waals surface area contributed by atoms with Crippen molar-refractivity contribution >= 4 is 17.9 Å². The summed E-state index contributed by atoms with van der Waals surface area (Å²) in [5.74, 6) is -0.959. The third kappa shape index (κ3) is 54.9. The fraction of sp³-hybridized carbons (Fsp3) is 0.667. The monoisotopic (exact) mass is 957 g/mol. The Kier molecular flexibility index (Phi) is 53.4. The highest BCUT2D eigenvalue weighted by Gasteiger charge is 2.19. The second kappa shape index (κ2) is 56.7. The molecule has 0 spiro atoms. The zero-order valence-corrected chi connectivity index (χ0v) is 44.8. The van der Waals surface area contributed by atoms with Crippen molar-refractivity contribution in [3.05, 3.63) is 109 Å². The van der Waals surface area contributed by atoms with Crippen molar-refractivity contribution in [3.8, 4) is 0 Å². The lowest BCUT2D eigenvalue weighted by Gasteiger charge is -2.18. The van der Waals surface area contributed by atoms with Crippen molar-refractivity contribution in [2.75, 3.05) is 13.2 Å². The Morgan fingerprint density at radius 1 is 0.319 bits per heavy atom. The van der Waals surface area contributed by atoms with E-state index in [2.05, 4.69) is 130 Å². The second-order valence-corrected chi connectivity index (χ2v) is 18.5. The van der Waals surface area contributed by atoms with E-state index in [1.165, 1.54) is 89.9 Å². The predicted molar refractivity (Wildman–Crippen MR) is 297 cm³/mol. The van der Waals surface area contributed by atoms with Crippen LogP contribution in [0, 0.1) is 0 Å². The van der Waals surface area contributed by atoms with E-state index in [-0.39, 0.29) is 31.1 Å². The van der Waals surface area contributed by atoms with E-state index in [0.717, 1.165) is 122 Å². The van der Waals surface area contributed by atoms with Gasteiger partial charge in [-0.15, -0.1) is 0 Å². The number of allylic oxidation sites excluding steroid dienone is 18. The number of hydrogen-bond donors (Lipinski definition) is 0. The Bertz CT molecular complexity index is 1420. The van der Waals surface area contributed by atoms with Crippen LogP contribution in [-0.2, 0) is 28.6 Å². The first-order chi connectivity index (χ1) is 34.0. The first-order valence-corrected chi connectivity index (χ1v) is 28.4. The molecule has 0 heterocycles. The molecule has 0 bridgehead atoms. The summed E-state index contributed by atoms with van der Waals surface area (Å²) in [7, 11) is 0. The largest absolute Gasteiger partial charge is 0.462 e. The highest BCUT2D eigenvalue weighted by Crippen LogP contribution is 2.14. The van der Waals surface area contributed by atoms with Crippen LogP contribution in [0.3, 0.4) is 0 Å². The van der Waals surface area contributed by atoms with E-state index in [1.54, 1.807) is 0 Å².